The summed E-state index contributed by atoms with van der Waals surface area (Å²) in [5.41, 5.74) is 0. The van der Waals surface area contributed by atoms with Crippen molar-refractivity contribution in [1.29, 1.82) is 5.26 Å². The van der Waals surface area contributed by atoms with E-state index in [1.165, 1.54) is 11.8 Å². The minimum absolute atomic E-state index is 0.491. The maximum atomic E-state index is 8.24. The first-order chi connectivity index (χ1) is 5.20. The van der Waals surface area contributed by atoms with E-state index in [4.69, 9.17) is 5.26 Å². The second-order valence-corrected chi connectivity index (χ2v) is 3.50. The molecule has 5 heteroatoms. The van der Waals surface area contributed by atoms with Crippen LogP contribution in [0.2, 0.25) is 0 Å². The van der Waals surface area contributed by atoms with Crippen LogP contribution in [0.4, 0.5) is 0 Å². The third-order valence-electron chi connectivity index (χ3n) is 0.750. The Morgan fingerprint density at radius 2 is 2.55 bits per heavy atom. The number of hydrogen-bond acceptors (Lipinski definition) is 3. The lowest BCUT2D eigenvalue weighted by Gasteiger charge is -1.97. The van der Waals surface area contributed by atoms with Crippen LogP contribution in [0, 0.1) is 11.5 Å². The van der Waals surface area contributed by atoms with Crippen LogP contribution in [0.15, 0.2) is 16.1 Å². The number of nitrogens with one attached hydrogen (secondary N) is 1. The number of aliphatic imine (C=N–C) groups is 1. The number of nitrogens with zero attached hydrogens (tertiary/aromatic N) is 2. The van der Waals surface area contributed by atoms with Crippen LogP contribution >= 0.6 is 27.7 Å². The zero-order chi connectivity index (χ0) is 8.69. The van der Waals surface area contributed by atoms with E-state index in [9.17, 15) is 0 Å². The van der Waals surface area contributed by atoms with Crippen molar-refractivity contribution in [1.82, 2.24) is 5.32 Å². The first kappa shape index (κ1) is 10.5. The molecule has 3 nitrogen and oxygen atoms in total. The molecule has 60 valence electrons. The van der Waals surface area contributed by atoms with Gasteiger partial charge in [0.1, 0.15) is 0 Å². The van der Waals surface area contributed by atoms with Gasteiger partial charge in [0.05, 0.1) is 6.54 Å². The van der Waals surface area contributed by atoms with Crippen molar-refractivity contribution in [2.45, 2.75) is 0 Å². The average Bonchev–Trinajstić information content (AvgIpc) is 1.97. The van der Waals surface area contributed by atoms with Crippen LogP contribution in [-0.2, 0) is 0 Å². The lowest BCUT2D eigenvalue weighted by molar-refractivity contribution is 1.19. The normalized spacial score (nSPS) is 10.5. The van der Waals surface area contributed by atoms with Crippen LogP contribution in [0.25, 0.3) is 0 Å². The molecular formula is C6H8BrN3S. The van der Waals surface area contributed by atoms with E-state index in [-0.39, 0.29) is 0 Å². The lowest BCUT2D eigenvalue weighted by atomic mass is 10.6. The number of nitriles is 1. The SMILES string of the molecule is C=C(Br)CN=C(NC#N)SC. The van der Waals surface area contributed by atoms with Gasteiger partial charge in [-0.25, -0.2) is 0 Å². The minimum atomic E-state index is 0.491. The summed E-state index contributed by atoms with van der Waals surface area (Å²) in [5.74, 6) is 0. The highest BCUT2D eigenvalue weighted by Gasteiger charge is 1.92. The Bertz CT molecular complexity index is 206. The molecule has 0 radical (unpaired) electrons. The van der Waals surface area contributed by atoms with E-state index in [0.717, 1.165) is 4.48 Å². The Labute approximate surface area is 78.7 Å². The Balaban J connectivity index is 3.92. The molecule has 1 N–H and O–H groups in total. The summed E-state index contributed by atoms with van der Waals surface area (Å²) >= 11 is 4.55. The average molecular weight is 234 g/mol. The van der Waals surface area contributed by atoms with E-state index < -0.39 is 0 Å². The number of thioether (sulfide) groups is 1. The molecule has 0 aromatic heterocycles. The van der Waals surface area contributed by atoms with Crippen molar-refractivity contribution in [3.63, 3.8) is 0 Å². The van der Waals surface area contributed by atoms with Crippen LogP contribution in [0.3, 0.4) is 0 Å². The highest BCUT2D eigenvalue weighted by atomic mass is 79.9. The summed E-state index contributed by atoms with van der Waals surface area (Å²) in [4.78, 5) is 4.03. The highest BCUT2D eigenvalue weighted by Crippen LogP contribution is 2.02. The fourth-order valence-electron chi connectivity index (χ4n) is 0.361. The Morgan fingerprint density at radius 1 is 1.91 bits per heavy atom. The smallest absolute Gasteiger partial charge is 0.183 e. The maximum Gasteiger partial charge on any atom is 0.183 e. The molecule has 0 saturated carbocycles. The molecule has 0 amide bonds. The second kappa shape index (κ2) is 6.25. The summed E-state index contributed by atoms with van der Waals surface area (Å²) < 4.78 is 0.795. The van der Waals surface area contributed by atoms with Crippen molar-refractivity contribution >= 4 is 32.9 Å². The summed E-state index contributed by atoms with van der Waals surface area (Å²) in [7, 11) is 0. The quantitative estimate of drug-likeness (QED) is 0.342. The predicted octanol–water partition coefficient (Wildman–Crippen LogP) is 1.68. The third-order valence-corrected chi connectivity index (χ3v) is 1.62. The molecule has 0 unspecified atom stereocenters. The van der Waals surface area contributed by atoms with E-state index in [1.807, 2.05) is 6.26 Å². The fourth-order valence-corrected chi connectivity index (χ4v) is 0.827. The van der Waals surface area contributed by atoms with Crippen LogP contribution < -0.4 is 5.32 Å². The molecule has 0 heterocycles. The largest absolute Gasteiger partial charge is 0.272 e. The topological polar surface area (TPSA) is 48.2 Å². The molecule has 0 bridgehead atoms. The summed E-state index contributed by atoms with van der Waals surface area (Å²) in [5, 5.41) is 11.3. The van der Waals surface area contributed by atoms with Crippen LogP contribution in [0.1, 0.15) is 0 Å². The van der Waals surface area contributed by atoms with Gasteiger partial charge in [0, 0.05) is 4.48 Å². The van der Waals surface area contributed by atoms with Crippen molar-refractivity contribution in [3.05, 3.63) is 11.1 Å². The van der Waals surface area contributed by atoms with Gasteiger partial charge in [-0.3, -0.25) is 10.3 Å². The molecule has 0 fully saturated rings. The lowest BCUT2D eigenvalue weighted by Crippen LogP contribution is -2.13. The van der Waals surface area contributed by atoms with Gasteiger partial charge in [-0.1, -0.05) is 34.3 Å². The Kier molecular flexibility index (Phi) is 5.99. The van der Waals surface area contributed by atoms with Crippen LogP contribution in [-0.4, -0.2) is 18.0 Å². The number of rotatable bonds is 2. The number of hydrogen-bond donors (Lipinski definition) is 1. The van der Waals surface area contributed by atoms with E-state index in [2.05, 4.69) is 32.8 Å². The van der Waals surface area contributed by atoms with Gasteiger partial charge in [0.25, 0.3) is 0 Å². The van der Waals surface area contributed by atoms with Crippen LogP contribution in [0.5, 0.6) is 0 Å². The van der Waals surface area contributed by atoms with Crippen molar-refractivity contribution in [2.75, 3.05) is 12.8 Å². The number of halogens is 1. The van der Waals surface area contributed by atoms with Gasteiger partial charge in [-0.05, 0) is 6.26 Å². The highest BCUT2D eigenvalue weighted by molar-refractivity contribution is 9.11. The molecule has 11 heavy (non-hydrogen) atoms. The molecular weight excluding hydrogens is 226 g/mol. The third kappa shape index (κ3) is 5.95. The summed E-state index contributed by atoms with van der Waals surface area (Å²) in [6.07, 6.45) is 3.64. The maximum absolute atomic E-state index is 8.24. The van der Waals surface area contributed by atoms with Gasteiger partial charge in [0.2, 0.25) is 0 Å². The first-order valence-electron chi connectivity index (χ1n) is 2.77. The molecule has 0 spiro atoms. The Hall–Kier alpha value is -0.470. The molecule has 0 aliphatic heterocycles. The summed E-state index contributed by atoms with van der Waals surface area (Å²) in [6, 6.07) is 0. The second-order valence-electron chi connectivity index (χ2n) is 1.58. The monoisotopic (exact) mass is 233 g/mol. The van der Waals surface area contributed by atoms with Gasteiger partial charge < -0.3 is 0 Å². The minimum Gasteiger partial charge on any atom is -0.272 e. The van der Waals surface area contributed by atoms with E-state index >= 15 is 0 Å². The molecule has 0 aliphatic rings. The van der Waals surface area contributed by atoms with E-state index in [0.29, 0.717) is 11.7 Å². The zero-order valence-corrected chi connectivity index (χ0v) is 8.50. The molecule has 0 aliphatic carbocycles. The standard InChI is InChI=1S/C6H8BrN3S/c1-5(7)3-9-6(11-2)10-4-8/h1,3H2,2H3,(H,9,10). The first-order valence-corrected chi connectivity index (χ1v) is 4.79. The van der Waals surface area contributed by atoms with Crippen molar-refractivity contribution < 1.29 is 0 Å². The molecule has 0 saturated heterocycles. The molecule has 0 aromatic carbocycles. The Morgan fingerprint density at radius 3 is 2.91 bits per heavy atom. The van der Waals surface area contributed by atoms with Gasteiger partial charge in [-0.15, -0.1) is 0 Å². The van der Waals surface area contributed by atoms with Crippen molar-refractivity contribution in [2.24, 2.45) is 4.99 Å². The van der Waals surface area contributed by atoms with Gasteiger partial charge >= 0.3 is 0 Å². The number of amidine groups is 1. The zero-order valence-electron chi connectivity index (χ0n) is 6.09. The van der Waals surface area contributed by atoms with Crippen molar-refractivity contribution in [3.8, 4) is 6.19 Å². The molecule has 0 atom stereocenters. The predicted molar refractivity (Wildman–Crippen MR) is 52.6 cm³/mol. The molecule has 0 aromatic rings. The molecule has 0 rings (SSSR count). The summed E-state index contributed by atoms with van der Waals surface area (Å²) in [6.45, 7) is 4.10. The van der Waals surface area contributed by atoms with Gasteiger partial charge in [0.15, 0.2) is 11.4 Å². The van der Waals surface area contributed by atoms with E-state index in [1.54, 1.807) is 6.19 Å². The fraction of sp³-hybridized carbons (Fsp3) is 0.333. The van der Waals surface area contributed by atoms with Gasteiger partial charge in [-0.2, -0.15) is 5.26 Å².